The first-order valence-corrected chi connectivity index (χ1v) is 5.10. The van der Waals surface area contributed by atoms with Crippen molar-refractivity contribution < 1.29 is 13.5 Å². The summed E-state index contributed by atoms with van der Waals surface area (Å²) in [7, 11) is 0. The Hall–Kier alpha value is -1.42. The molecule has 0 aromatic heterocycles. The second-order valence-corrected chi connectivity index (χ2v) is 3.28. The van der Waals surface area contributed by atoms with Crippen molar-refractivity contribution >= 4 is 6.08 Å². The van der Waals surface area contributed by atoms with Gasteiger partial charge in [-0.25, -0.2) is 0 Å². The van der Waals surface area contributed by atoms with Gasteiger partial charge >= 0.3 is 6.61 Å². The highest BCUT2D eigenvalue weighted by Crippen LogP contribution is 2.23. The number of benzene rings is 1. The van der Waals surface area contributed by atoms with Crippen LogP contribution >= 0.6 is 0 Å². The zero-order chi connectivity index (χ0) is 12.0. The van der Waals surface area contributed by atoms with Crippen LogP contribution in [0.5, 0.6) is 5.75 Å². The number of hydrogen-bond acceptors (Lipinski definition) is 2. The SMILES string of the molecule is CCC(=Cc1ccccc1OC(F)F)CN. The third-order valence-electron chi connectivity index (χ3n) is 2.21. The topological polar surface area (TPSA) is 35.2 Å². The second-order valence-electron chi connectivity index (χ2n) is 3.28. The van der Waals surface area contributed by atoms with E-state index in [1.165, 1.54) is 6.07 Å². The summed E-state index contributed by atoms with van der Waals surface area (Å²) < 4.78 is 28.7. The van der Waals surface area contributed by atoms with Crippen LogP contribution in [0.3, 0.4) is 0 Å². The van der Waals surface area contributed by atoms with Gasteiger partial charge in [0.05, 0.1) is 0 Å². The highest BCUT2D eigenvalue weighted by molar-refractivity contribution is 5.59. The molecular formula is C12H15F2NO. The van der Waals surface area contributed by atoms with E-state index in [9.17, 15) is 8.78 Å². The fourth-order valence-electron chi connectivity index (χ4n) is 1.33. The molecule has 88 valence electrons. The summed E-state index contributed by atoms with van der Waals surface area (Å²) in [4.78, 5) is 0. The lowest BCUT2D eigenvalue weighted by molar-refractivity contribution is -0.0499. The van der Waals surface area contributed by atoms with E-state index < -0.39 is 6.61 Å². The van der Waals surface area contributed by atoms with E-state index in [0.717, 1.165) is 12.0 Å². The van der Waals surface area contributed by atoms with E-state index in [1.807, 2.05) is 6.92 Å². The molecule has 0 spiro atoms. The molecule has 0 unspecified atom stereocenters. The summed E-state index contributed by atoms with van der Waals surface area (Å²) in [6, 6.07) is 6.67. The van der Waals surface area contributed by atoms with Gasteiger partial charge in [0.25, 0.3) is 0 Å². The molecule has 0 atom stereocenters. The normalized spacial score (nSPS) is 11.9. The van der Waals surface area contributed by atoms with Gasteiger partial charge in [0, 0.05) is 12.1 Å². The Morgan fingerprint density at radius 1 is 1.44 bits per heavy atom. The molecular weight excluding hydrogens is 212 g/mol. The highest BCUT2D eigenvalue weighted by Gasteiger charge is 2.07. The van der Waals surface area contributed by atoms with Gasteiger partial charge in [0.2, 0.25) is 0 Å². The quantitative estimate of drug-likeness (QED) is 0.839. The van der Waals surface area contributed by atoms with Crippen molar-refractivity contribution in [3.05, 3.63) is 35.4 Å². The monoisotopic (exact) mass is 227 g/mol. The molecule has 0 aliphatic carbocycles. The molecule has 2 N–H and O–H groups in total. The average Bonchev–Trinajstić information content (AvgIpc) is 2.27. The highest BCUT2D eigenvalue weighted by atomic mass is 19.3. The lowest BCUT2D eigenvalue weighted by Gasteiger charge is -2.08. The molecule has 1 aromatic rings. The number of hydrogen-bond donors (Lipinski definition) is 1. The molecule has 0 saturated heterocycles. The van der Waals surface area contributed by atoms with Crippen LogP contribution in [0.2, 0.25) is 0 Å². The predicted molar refractivity (Wildman–Crippen MR) is 60.4 cm³/mol. The van der Waals surface area contributed by atoms with Gasteiger partial charge in [0.1, 0.15) is 5.75 Å². The number of para-hydroxylation sites is 1. The molecule has 0 saturated carbocycles. The van der Waals surface area contributed by atoms with Crippen molar-refractivity contribution in [3.63, 3.8) is 0 Å². The third-order valence-corrected chi connectivity index (χ3v) is 2.21. The molecule has 0 bridgehead atoms. The van der Waals surface area contributed by atoms with Crippen LogP contribution in [0.4, 0.5) is 8.78 Å². The minimum absolute atomic E-state index is 0.178. The van der Waals surface area contributed by atoms with Gasteiger partial charge in [-0.3, -0.25) is 0 Å². The fourth-order valence-corrected chi connectivity index (χ4v) is 1.33. The van der Waals surface area contributed by atoms with Crippen molar-refractivity contribution in [1.29, 1.82) is 0 Å². The Labute approximate surface area is 93.7 Å². The molecule has 2 nitrogen and oxygen atoms in total. The maximum Gasteiger partial charge on any atom is 0.387 e. The molecule has 0 aliphatic rings. The van der Waals surface area contributed by atoms with E-state index in [4.69, 9.17) is 5.73 Å². The van der Waals surface area contributed by atoms with E-state index in [1.54, 1.807) is 24.3 Å². The molecule has 0 aliphatic heterocycles. The van der Waals surface area contributed by atoms with Crippen molar-refractivity contribution in [2.24, 2.45) is 5.73 Å². The van der Waals surface area contributed by atoms with Gasteiger partial charge in [-0.2, -0.15) is 8.78 Å². The van der Waals surface area contributed by atoms with Crippen LogP contribution in [0.15, 0.2) is 29.8 Å². The lowest BCUT2D eigenvalue weighted by Crippen LogP contribution is -2.04. The molecule has 1 aromatic carbocycles. The lowest BCUT2D eigenvalue weighted by atomic mass is 10.1. The standard InChI is InChI=1S/C12H15F2NO/c1-2-9(8-15)7-10-5-3-4-6-11(10)16-12(13)14/h3-7,12H,2,8,15H2,1H3. The van der Waals surface area contributed by atoms with E-state index in [-0.39, 0.29) is 5.75 Å². The first kappa shape index (κ1) is 12.6. The first-order chi connectivity index (χ1) is 7.67. The van der Waals surface area contributed by atoms with Gasteiger partial charge in [0.15, 0.2) is 0 Å². The number of halogens is 2. The summed E-state index contributed by atoms with van der Waals surface area (Å²) in [5, 5.41) is 0. The molecule has 0 heterocycles. The molecule has 0 fully saturated rings. The van der Waals surface area contributed by atoms with Crippen molar-refractivity contribution in [3.8, 4) is 5.75 Å². The Morgan fingerprint density at radius 3 is 2.69 bits per heavy atom. The number of ether oxygens (including phenoxy) is 1. The van der Waals surface area contributed by atoms with Gasteiger partial charge < -0.3 is 10.5 Å². The summed E-state index contributed by atoms with van der Waals surface area (Å²) in [6.07, 6.45) is 2.58. The number of alkyl halides is 2. The number of rotatable bonds is 5. The summed E-state index contributed by atoms with van der Waals surface area (Å²) in [5.41, 5.74) is 7.15. The summed E-state index contributed by atoms with van der Waals surface area (Å²) in [6.45, 7) is -0.424. The van der Waals surface area contributed by atoms with Crippen LogP contribution in [0.1, 0.15) is 18.9 Å². The predicted octanol–water partition coefficient (Wildman–Crippen LogP) is 3.04. The molecule has 4 heteroatoms. The van der Waals surface area contributed by atoms with Crippen molar-refractivity contribution in [2.75, 3.05) is 6.54 Å². The fraction of sp³-hybridized carbons (Fsp3) is 0.333. The van der Waals surface area contributed by atoms with Crippen molar-refractivity contribution in [2.45, 2.75) is 20.0 Å². The Balaban J connectivity index is 2.98. The van der Waals surface area contributed by atoms with Gasteiger partial charge in [-0.1, -0.05) is 36.8 Å². The minimum Gasteiger partial charge on any atom is -0.434 e. The maximum atomic E-state index is 12.1. The summed E-state index contributed by atoms with van der Waals surface area (Å²) in [5.74, 6) is 0.178. The third kappa shape index (κ3) is 3.62. The largest absolute Gasteiger partial charge is 0.434 e. The summed E-state index contributed by atoms with van der Waals surface area (Å²) >= 11 is 0. The maximum absolute atomic E-state index is 12.1. The Bertz CT molecular complexity index is 358. The van der Waals surface area contributed by atoms with Crippen molar-refractivity contribution in [1.82, 2.24) is 0 Å². The molecule has 0 radical (unpaired) electrons. The minimum atomic E-state index is -2.81. The van der Waals surface area contributed by atoms with Crippen LogP contribution in [0, 0.1) is 0 Å². The van der Waals surface area contributed by atoms with E-state index in [2.05, 4.69) is 4.74 Å². The second kappa shape index (κ2) is 6.23. The van der Waals surface area contributed by atoms with Crippen LogP contribution in [-0.4, -0.2) is 13.2 Å². The first-order valence-electron chi connectivity index (χ1n) is 5.10. The zero-order valence-electron chi connectivity index (χ0n) is 9.12. The van der Waals surface area contributed by atoms with E-state index >= 15 is 0 Å². The van der Waals surface area contributed by atoms with Crippen LogP contribution < -0.4 is 10.5 Å². The molecule has 16 heavy (non-hydrogen) atoms. The smallest absolute Gasteiger partial charge is 0.387 e. The average molecular weight is 227 g/mol. The zero-order valence-corrected chi connectivity index (χ0v) is 9.12. The van der Waals surface area contributed by atoms with Crippen LogP contribution in [-0.2, 0) is 0 Å². The van der Waals surface area contributed by atoms with Crippen LogP contribution in [0.25, 0.3) is 6.08 Å². The Morgan fingerprint density at radius 2 is 2.12 bits per heavy atom. The molecule has 1 rings (SSSR count). The van der Waals surface area contributed by atoms with Gasteiger partial charge in [-0.15, -0.1) is 0 Å². The van der Waals surface area contributed by atoms with Gasteiger partial charge in [-0.05, 0) is 12.5 Å². The molecule has 0 amide bonds. The van der Waals surface area contributed by atoms with E-state index in [0.29, 0.717) is 12.1 Å². The Kier molecular flexibility index (Phi) is 4.92. The number of nitrogens with two attached hydrogens (primary N) is 1.